The van der Waals surface area contributed by atoms with Gasteiger partial charge in [0.15, 0.2) is 0 Å². The molecular weight excluding hydrogens is 348 g/mol. The minimum Gasteiger partial charge on any atom is -0.380 e. The maximum absolute atomic E-state index is 13.1. The number of aryl methyl sites for hydroxylation is 1. The van der Waals surface area contributed by atoms with E-state index in [2.05, 4.69) is 55.3 Å². The number of anilines is 2. The molecule has 5 nitrogen and oxygen atoms in total. The van der Waals surface area contributed by atoms with Gasteiger partial charge in [0, 0.05) is 42.8 Å². The van der Waals surface area contributed by atoms with Crippen molar-refractivity contribution in [1.82, 2.24) is 9.55 Å². The smallest absolute Gasteiger partial charge is 0.276 e. The van der Waals surface area contributed by atoms with Crippen LogP contribution in [0.1, 0.15) is 36.8 Å². The van der Waals surface area contributed by atoms with Gasteiger partial charge in [-0.1, -0.05) is 18.2 Å². The van der Waals surface area contributed by atoms with Crippen LogP contribution in [0.5, 0.6) is 0 Å². The summed E-state index contributed by atoms with van der Waals surface area (Å²) in [7, 11) is 1.92. The average Bonchev–Trinajstić information content (AvgIpc) is 3.24. The highest BCUT2D eigenvalue weighted by Gasteiger charge is 2.28. The maximum atomic E-state index is 13.1. The van der Waals surface area contributed by atoms with Crippen LogP contribution < -0.4 is 10.2 Å². The summed E-state index contributed by atoms with van der Waals surface area (Å²) >= 11 is 0. The molecule has 0 fully saturated rings. The Labute approximate surface area is 166 Å². The molecule has 0 atom stereocenters. The molecule has 0 spiro atoms. The van der Waals surface area contributed by atoms with E-state index >= 15 is 0 Å². The van der Waals surface area contributed by atoms with Crippen LogP contribution in [0.25, 0.3) is 11.1 Å². The number of carbonyl (C=O) groups is 1. The van der Waals surface area contributed by atoms with Crippen molar-refractivity contribution in [3.8, 4) is 11.1 Å². The molecule has 0 unspecified atom stereocenters. The number of hydrogen-bond donors (Lipinski definition) is 1. The van der Waals surface area contributed by atoms with E-state index in [1.54, 1.807) is 11.1 Å². The molecule has 1 amide bonds. The molecule has 144 valence electrons. The van der Waals surface area contributed by atoms with Crippen LogP contribution in [0.2, 0.25) is 0 Å². The lowest BCUT2D eigenvalue weighted by molar-refractivity contribution is 0.0981. The second-order valence-corrected chi connectivity index (χ2v) is 8.37. The molecule has 4 rings (SSSR count). The molecule has 0 aliphatic carbocycles. The van der Waals surface area contributed by atoms with E-state index in [1.165, 1.54) is 0 Å². The molecular formula is C23H26N4O. The van der Waals surface area contributed by atoms with Gasteiger partial charge in [0.1, 0.15) is 11.5 Å². The first kappa shape index (κ1) is 18.3. The molecule has 1 aliphatic heterocycles. The Balaban J connectivity index is 1.58. The van der Waals surface area contributed by atoms with Gasteiger partial charge in [0.05, 0.1) is 0 Å². The number of nitrogens with zero attached hydrogens (tertiary/aromatic N) is 3. The number of nitrogens with one attached hydrogen (secondary N) is 1. The third kappa shape index (κ3) is 3.52. The zero-order valence-corrected chi connectivity index (χ0v) is 16.9. The number of hydrogen-bond acceptors (Lipinski definition) is 3. The van der Waals surface area contributed by atoms with Crippen molar-refractivity contribution in [2.75, 3.05) is 16.8 Å². The van der Waals surface area contributed by atoms with Crippen molar-refractivity contribution >= 4 is 17.4 Å². The standard InChI is InChI=1S/C23H26N4O/c1-23(2,3)25-19-9-7-16(8-10-19)18-14-20(26(4)15-18)22(28)27-13-11-17-6-5-12-24-21(17)27/h5-10,12,14-15,25H,11,13H2,1-4H3. The van der Waals surface area contributed by atoms with Gasteiger partial charge in [-0.15, -0.1) is 0 Å². The summed E-state index contributed by atoms with van der Waals surface area (Å²) in [5.74, 6) is 0.782. The number of aromatic nitrogens is 2. The molecule has 0 bridgehead atoms. The molecule has 3 aromatic rings. The zero-order chi connectivity index (χ0) is 19.9. The summed E-state index contributed by atoms with van der Waals surface area (Å²) in [4.78, 5) is 19.3. The Morgan fingerprint density at radius 2 is 1.86 bits per heavy atom. The van der Waals surface area contributed by atoms with Gasteiger partial charge in [-0.2, -0.15) is 0 Å². The third-order valence-electron chi connectivity index (χ3n) is 4.93. The molecule has 28 heavy (non-hydrogen) atoms. The lowest BCUT2D eigenvalue weighted by Crippen LogP contribution is -2.30. The monoisotopic (exact) mass is 374 g/mol. The van der Waals surface area contributed by atoms with Crippen molar-refractivity contribution in [3.63, 3.8) is 0 Å². The molecule has 0 radical (unpaired) electrons. The van der Waals surface area contributed by atoms with Gasteiger partial charge in [-0.25, -0.2) is 4.98 Å². The quantitative estimate of drug-likeness (QED) is 0.734. The van der Waals surface area contributed by atoms with Crippen LogP contribution in [0.15, 0.2) is 54.9 Å². The van der Waals surface area contributed by atoms with Crippen LogP contribution in [0.3, 0.4) is 0 Å². The topological polar surface area (TPSA) is 50.2 Å². The summed E-state index contributed by atoms with van der Waals surface area (Å²) < 4.78 is 1.90. The van der Waals surface area contributed by atoms with Gasteiger partial charge in [0.2, 0.25) is 0 Å². The lowest BCUT2D eigenvalue weighted by Gasteiger charge is -2.22. The Morgan fingerprint density at radius 1 is 1.11 bits per heavy atom. The number of pyridine rings is 1. The van der Waals surface area contributed by atoms with E-state index in [0.717, 1.165) is 34.6 Å². The minimum absolute atomic E-state index is 0.00257. The fraction of sp³-hybridized carbons (Fsp3) is 0.304. The van der Waals surface area contributed by atoms with Gasteiger partial charge in [-0.3, -0.25) is 9.69 Å². The van der Waals surface area contributed by atoms with E-state index in [1.807, 2.05) is 36.0 Å². The first-order chi connectivity index (χ1) is 13.3. The fourth-order valence-corrected chi connectivity index (χ4v) is 3.66. The van der Waals surface area contributed by atoms with Crippen LogP contribution in [-0.2, 0) is 13.5 Å². The van der Waals surface area contributed by atoms with Crippen molar-refractivity contribution < 1.29 is 4.79 Å². The second kappa shape index (κ2) is 6.82. The number of carbonyl (C=O) groups excluding carboxylic acids is 1. The summed E-state index contributed by atoms with van der Waals surface area (Å²) in [6.07, 6.45) is 4.61. The first-order valence-electron chi connectivity index (χ1n) is 9.62. The predicted molar refractivity (Wildman–Crippen MR) is 114 cm³/mol. The van der Waals surface area contributed by atoms with Crippen LogP contribution >= 0.6 is 0 Å². The van der Waals surface area contributed by atoms with E-state index in [0.29, 0.717) is 12.2 Å². The average molecular weight is 374 g/mol. The van der Waals surface area contributed by atoms with Crippen LogP contribution in [-0.4, -0.2) is 27.5 Å². The zero-order valence-electron chi connectivity index (χ0n) is 16.9. The van der Waals surface area contributed by atoms with Crippen molar-refractivity contribution in [1.29, 1.82) is 0 Å². The van der Waals surface area contributed by atoms with E-state index < -0.39 is 0 Å². The largest absolute Gasteiger partial charge is 0.380 e. The highest BCUT2D eigenvalue weighted by Crippen LogP contribution is 2.29. The van der Waals surface area contributed by atoms with Crippen molar-refractivity contribution in [2.45, 2.75) is 32.7 Å². The third-order valence-corrected chi connectivity index (χ3v) is 4.93. The van der Waals surface area contributed by atoms with Gasteiger partial charge < -0.3 is 9.88 Å². The molecule has 1 aromatic carbocycles. The van der Waals surface area contributed by atoms with Crippen LogP contribution in [0, 0.1) is 0 Å². The molecule has 1 aliphatic rings. The van der Waals surface area contributed by atoms with Crippen LogP contribution in [0.4, 0.5) is 11.5 Å². The SMILES string of the molecule is Cn1cc(-c2ccc(NC(C)(C)C)cc2)cc1C(=O)N1CCc2cccnc21. The second-order valence-electron chi connectivity index (χ2n) is 8.37. The molecule has 1 N–H and O–H groups in total. The summed E-state index contributed by atoms with van der Waals surface area (Å²) in [5.41, 5.74) is 5.04. The molecule has 2 aromatic heterocycles. The highest BCUT2D eigenvalue weighted by atomic mass is 16.2. The lowest BCUT2D eigenvalue weighted by atomic mass is 10.1. The molecule has 5 heteroatoms. The minimum atomic E-state index is -0.00257. The Morgan fingerprint density at radius 3 is 2.57 bits per heavy atom. The number of benzene rings is 1. The summed E-state index contributed by atoms with van der Waals surface area (Å²) in [6.45, 7) is 7.10. The predicted octanol–water partition coefficient (Wildman–Crippen LogP) is 4.50. The molecule has 0 saturated carbocycles. The van der Waals surface area contributed by atoms with Gasteiger partial charge in [-0.05, 0) is 62.6 Å². The maximum Gasteiger partial charge on any atom is 0.276 e. The number of amides is 1. The molecule has 0 saturated heterocycles. The Kier molecular flexibility index (Phi) is 4.46. The normalized spacial score (nSPS) is 13.5. The number of fused-ring (bicyclic) bond motifs is 1. The van der Waals surface area contributed by atoms with Crippen molar-refractivity contribution in [2.24, 2.45) is 7.05 Å². The Hall–Kier alpha value is -3.08. The van der Waals surface area contributed by atoms with E-state index in [4.69, 9.17) is 0 Å². The highest BCUT2D eigenvalue weighted by molar-refractivity contribution is 6.06. The summed E-state index contributed by atoms with van der Waals surface area (Å²) in [6, 6.07) is 14.3. The molecule has 3 heterocycles. The van der Waals surface area contributed by atoms with Crippen molar-refractivity contribution in [3.05, 3.63) is 66.1 Å². The van der Waals surface area contributed by atoms with Gasteiger partial charge in [0.25, 0.3) is 5.91 Å². The fourth-order valence-electron chi connectivity index (χ4n) is 3.66. The van der Waals surface area contributed by atoms with Gasteiger partial charge >= 0.3 is 0 Å². The first-order valence-corrected chi connectivity index (χ1v) is 9.62. The summed E-state index contributed by atoms with van der Waals surface area (Å²) in [5, 5.41) is 3.47. The number of rotatable bonds is 3. The van der Waals surface area contributed by atoms with E-state index in [9.17, 15) is 4.79 Å². The van der Waals surface area contributed by atoms with E-state index in [-0.39, 0.29) is 11.4 Å². The Bertz CT molecular complexity index is 1010.